The summed E-state index contributed by atoms with van der Waals surface area (Å²) in [7, 11) is 0. The summed E-state index contributed by atoms with van der Waals surface area (Å²) in [6.07, 6.45) is -0.498. The first kappa shape index (κ1) is 55.0. The van der Waals surface area contributed by atoms with Crippen molar-refractivity contribution in [3.8, 4) is 0 Å². The molecule has 0 saturated heterocycles. The third-order valence-electron chi connectivity index (χ3n) is 12.6. The maximum absolute atomic E-state index is 14.5. The summed E-state index contributed by atoms with van der Waals surface area (Å²) in [5.41, 5.74) is -2.75. The number of benzene rings is 4. The normalized spacial score (nSPS) is 13.8. The molecule has 13 nitrogen and oxygen atoms in total. The zero-order valence-electron chi connectivity index (χ0n) is 42.3. The second kappa shape index (κ2) is 22.7. The van der Waals surface area contributed by atoms with Gasteiger partial charge in [-0.3, -0.25) is 43.2 Å². The lowest BCUT2D eigenvalue weighted by Crippen LogP contribution is -2.59. The van der Waals surface area contributed by atoms with E-state index in [0.29, 0.717) is 16.7 Å². The second-order valence-electron chi connectivity index (χ2n) is 21.2. The van der Waals surface area contributed by atoms with Crippen LogP contribution in [0.2, 0.25) is 0 Å². The van der Waals surface area contributed by atoms with Crippen molar-refractivity contribution >= 4 is 63.3 Å². The molecule has 0 aromatic heterocycles. The van der Waals surface area contributed by atoms with E-state index in [4.69, 9.17) is 0 Å². The Morgan fingerprint density at radius 1 is 0.536 bits per heavy atom. The van der Waals surface area contributed by atoms with Gasteiger partial charge in [-0.25, -0.2) is 0 Å². The van der Waals surface area contributed by atoms with Crippen LogP contribution in [0.4, 0.5) is 0 Å². The monoisotopic (exact) mass is 943 g/mol. The Bertz CT molecular complexity index is 2570. The minimum atomic E-state index is -1.60. The van der Waals surface area contributed by atoms with Crippen molar-refractivity contribution in [2.75, 3.05) is 0 Å². The number of Topliss-reactive ketones (excluding diaryl/α,β-unsaturated/α-hetero) is 4. The van der Waals surface area contributed by atoms with Gasteiger partial charge in [0.05, 0.1) is 17.0 Å². The Labute approximate surface area is 406 Å². The highest BCUT2D eigenvalue weighted by Gasteiger charge is 2.40. The van der Waals surface area contributed by atoms with E-state index in [9.17, 15) is 43.2 Å². The number of carbonyl (C=O) groups excluding carboxylic acids is 9. The Balaban J connectivity index is 1.61. The van der Waals surface area contributed by atoms with E-state index in [1.807, 2.05) is 48.5 Å². The summed E-state index contributed by atoms with van der Waals surface area (Å²) in [6.45, 7) is 19.1. The van der Waals surface area contributed by atoms with Crippen LogP contribution in [-0.4, -0.2) is 75.7 Å². The van der Waals surface area contributed by atoms with Crippen LogP contribution in [0.3, 0.4) is 0 Å². The van der Waals surface area contributed by atoms with E-state index in [1.54, 1.807) is 90.1 Å². The first-order valence-electron chi connectivity index (χ1n) is 23.5. The SMILES string of the molecule is CC(=O)C(C)NC(=O)C(C)(C)NC(=O)C(CC(=O)C(C)(C)NC(=O)C(Cc1ccc2ccccc2c1)NC(=O)C(C)(C)CC(=O)C(C)CC(=O)C(C)(C)C)Cc1ccc(C(=O)c2ccccc2)cc1. The molecule has 0 bridgehead atoms. The molecular formula is C56H70N4O9. The smallest absolute Gasteiger partial charge is 0.245 e. The van der Waals surface area contributed by atoms with Gasteiger partial charge in [0.25, 0.3) is 0 Å². The molecule has 4 N–H and O–H groups in total. The number of fused-ring (bicyclic) bond motifs is 1. The molecule has 4 amide bonds. The summed E-state index contributed by atoms with van der Waals surface area (Å²) in [6, 6.07) is 26.8. The van der Waals surface area contributed by atoms with Crippen LogP contribution in [0, 0.1) is 22.7 Å². The minimum Gasteiger partial charge on any atom is -0.345 e. The average Bonchev–Trinajstić information content (AvgIpc) is 3.27. The molecule has 4 unspecified atom stereocenters. The predicted octanol–water partition coefficient (Wildman–Crippen LogP) is 7.43. The van der Waals surface area contributed by atoms with Crippen molar-refractivity contribution in [2.45, 2.75) is 138 Å². The molecule has 0 heterocycles. The molecule has 0 aliphatic heterocycles. The highest BCUT2D eigenvalue weighted by Crippen LogP contribution is 2.28. The number of rotatable bonds is 23. The molecule has 4 aromatic rings. The molecule has 0 spiro atoms. The van der Waals surface area contributed by atoms with Crippen molar-refractivity contribution in [3.05, 3.63) is 119 Å². The lowest BCUT2D eigenvalue weighted by molar-refractivity contribution is -0.139. The van der Waals surface area contributed by atoms with Crippen molar-refractivity contribution < 1.29 is 43.2 Å². The van der Waals surface area contributed by atoms with Crippen LogP contribution in [0.25, 0.3) is 10.8 Å². The number of ketones is 5. The topological polar surface area (TPSA) is 202 Å². The molecule has 69 heavy (non-hydrogen) atoms. The van der Waals surface area contributed by atoms with Gasteiger partial charge in [0.2, 0.25) is 23.6 Å². The zero-order valence-corrected chi connectivity index (χ0v) is 42.3. The van der Waals surface area contributed by atoms with E-state index in [2.05, 4.69) is 21.3 Å². The average molecular weight is 943 g/mol. The fraction of sp³-hybridized carbons (Fsp3) is 0.446. The third kappa shape index (κ3) is 15.4. The first-order chi connectivity index (χ1) is 32.0. The number of hydrogen-bond acceptors (Lipinski definition) is 9. The predicted molar refractivity (Wildman–Crippen MR) is 267 cm³/mol. The largest absolute Gasteiger partial charge is 0.345 e. The molecule has 0 aliphatic rings. The molecule has 4 aromatic carbocycles. The van der Waals surface area contributed by atoms with Gasteiger partial charge in [-0.05, 0) is 69.9 Å². The van der Waals surface area contributed by atoms with Gasteiger partial charge in [-0.15, -0.1) is 0 Å². The molecule has 13 heteroatoms. The summed E-state index contributed by atoms with van der Waals surface area (Å²) in [4.78, 5) is 122. The summed E-state index contributed by atoms with van der Waals surface area (Å²) in [5.74, 6) is -5.54. The lowest BCUT2D eigenvalue weighted by atomic mass is 9.79. The fourth-order valence-corrected chi connectivity index (χ4v) is 7.53. The van der Waals surface area contributed by atoms with E-state index in [-0.39, 0.29) is 48.8 Å². The highest BCUT2D eigenvalue weighted by atomic mass is 16.2. The van der Waals surface area contributed by atoms with Gasteiger partial charge in [0.15, 0.2) is 17.3 Å². The van der Waals surface area contributed by atoms with E-state index < -0.39 is 81.7 Å². The van der Waals surface area contributed by atoms with Crippen molar-refractivity contribution in [1.82, 2.24) is 21.3 Å². The van der Waals surface area contributed by atoms with Gasteiger partial charge in [0, 0.05) is 54.1 Å². The van der Waals surface area contributed by atoms with E-state index in [1.165, 1.54) is 41.5 Å². The van der Waals surface area contributed by atoms with Crippen LogP contribution in [-0.2, 0) is 51.2 Å². The second-order valence-corrected chi connectivity index (χ2v) is 21.2. The highest BCUT2D eigenvalue weighted by molar-refractivity contribution is 6.09. The number of carbonyl (C=O) groups is 9. The molecule has 0 aliphatic carbocycles. The van der Waals surface area contributed by atoms with Crippen LogP contribution in [0.1, 0.15) is 129 Å². The quantitative estimate of drug-likeness (QED) is 0.0546. The standard InChI is InChI=1S/C56H70N4O9/c1-34(28-46(63)53(4,5)6)45(62)33-54(7,8)51(68)58-44(31-38-24-25-39-18-16-17-21-42(39)30-38)50(67)60-55(9,10)47(64)32-43(49(66)59-56(11,12)52(69)57-35(2)36(3)61)29-37-22-26-41(27-23-37)48(65)40-19-14-13-15-20-40/h13-27,30,34-35,43-44H,28-29,31-33H2,1-12H3,(H,57,69)(H,58,68)(H,59,66)(H,60,67). The summed E-state index contributed by atoms with van der Waals surface area (Å²) < 4.78 is 0. The van der Waals surface area contributed by atoms with Gasteiger partial charge in [0.1, 0.15) is 23.1 Å². The fourth-order valence-electron chi connectivity index (χ4n) is 7.53. The van der Waals surface area contributed by atoms with Crippen molar-refractivity contribution in [2.24, 2.45) is 22.7 Å². The molecule has 368 valence electrons. The molecular weight excluding hydrogens is 873 g/mol. The van der Waals surface area contributed by atoms with Gasteiger partial charge in [-0.1, -0.05) is 139 Å². The minimum absolute atomic E-state index is 0.0143. The number of amides is 4. The Morgan fingerprint density at radius 2 is 1.09 bits per heavy atom. The first-order valence-corrected chi connectivity index (χ1v) is 23.5. The molecule has 0 saturated carbocycles. The molecule has 4 rings (SSSR count). The van der Waals surface area contributed by atoms with Crippen LogP contribution >= 0.6 is 0 Å². The van der Waals surface area contributed by atoms with Gasteiger partial charge < -0.3 is 21.3 Å². The van der Waals surface area contributed by atoms with Gasteiger partial charge >= 0.3 is 0 Å². The Morgan fingerprint density at radius 3 is 1.68 bits per heavy atom. The third-order valence-corrected chi connectivity index (χ3v) is 12.6. The van der Waals surface area contributed by atoms with Gasteiger partial charge in [-0.2, -0.15) is 0 Å². The number of hydrogen-bond donors (Lipinski definition) is 4. The molecule has 4 atom stereocenters. The lowest BCUT2D eigenvalue weighted by Gasteiger charge is -2.32. The molecule has 0 fully saturated rings. The van der Waals surface area contributed by atoms with E-state index in [0.717, 1.165) is 16.3 Å². The summed E-state index contributed by atoms with van der Waals surface area (Å²) >= 11 is 0. The molecule has 0 radical (unpaired) electrons. The maximum atomic E-state index is 14.5. The van der Waals surface area contributed by atoms with Crippen molar-refractivity contribution in [3.63, 3.8) is 0 Å². The summed E-state index contributed by atoms with van der Waals surface area (Å²) in [5, 5.41) is 13.0. The zero-order chi connectivity index (χ0) is 51.6. The van der Waals surface area contributed by atoms with Crippen LogP contribution in [0.5, 0.6) is 0 Å². The van der Waals surface area contributed by atoms with E-state index >= 15 is 0 Å². The Hall–Kier alpha value is -6.63. The van der Waals surface area contributed by atoms with Crippen LogP contribution in [0.15, 0.2) is 97.1 Å². The Kier molecular flexibility index (Phi) is 18.0. The van der Waals surface area contributed by atoms with Crippen molar-refractivity contribution in [1.29, 1.82) is 0 Å². The van der Waals surface area contributed by atoms with Crippen LogP contribution < -0.4 is 21.3 Å². The maximum Gasteiger partial charge on any atom is 0.245 e. The number of nitrogens with one attached hydrogen (secondary N) is 4.